The number of aromatic hydroxyl groups is 1. The molecule has 0 saturated heterocycles. The third-order valence-corrected chi connectivity index (χ3v) is 1.48. The summed E-state index contributed by atoms with van der Waals surface area (Å²) >= 11 is 0. The lowest BCUT2D eigenvalue weighted by Crippen LogP contribution is -1.80. The molecule has 0 unspecified atom stereocenters. The molecule has 2 rings (SSSR count). The fraction of sp³-hybridized carbons (Fsp3) is 0. The maximum atomic E-state index is 9.27. The maximum absolute atomic E-state index is 9.27. The molecule has 2 aromatic rings. The van der Waals surface area contributed by atoms with Gasteiger partial charge in [-0.1, -0.05) is 6.07 Å². The lowest BCUT2D eigenvalue weighted by atomic mass is 10.3. The summed E-state index contributed by atoms with van der Waals surface area (Å²) < 4.78 is 0. The van der Waals surface area contributed by atoms with Crippen LogP contribution < -0.4 is 0 Å². The van der Waals surface area contributed by atoms with E-state index < -0.39 is 0 Å². The number of fused-ring (bicyclic) bond motifs is 1. The summed E-state index contributed by atoms with van der Waals surface area (Å²) in [5, 5.41) is 9.27. The molecule has 0 fully saturated rings. The van der Waals surface area contributed by atoms with Crippen LogP contribution in [0.4, 0.5) is 0 Å². The fourth-order valence-corrected chi connectivity index (χ4v) is 0.977. The van der Waals surface area contributed by atoms with Crippen molar-refractivity contribution >= 4 is 28.4 Å². The molecule has 4 heteroatoms. The van der Waals surface area contributed by atoms with Gasteiger partial charge in [0.15, 0.2) is 17.4 Å². The van der Waals surface area contributed by atoms with Gasteiger partial charge in [0.25, 0.3) is 0 Å². The van der Waals surface area contributed by atoms with E-state index in [1.54, 1.807) is 24.5 Å². The zero-order valence-corrected chi connectivity index (χ0v) is 5.73. The topological polar surface area (TPSA) is 46.0 Å². The van der Waals surface area contributed by atoms with Crippen molar-refractivity contribution in [1.82, 2.24) is 9.97 Å². The first kappa shape index (κ1) is 8.98. The SMILES string of the molecule is Oc1cccc2nccnc12.[AlH3]. The Kier molecular flexibility index (Phi) is 2.64. The van der Waals surface area contributed by atoms with Crippen molar-refractivity contribution in [1.29, 1.82) is 0 Å². The van der Waals surface area contributed by atoms with Crippen LogP contribution in [-0.4, -0.2) is 32.4 Å². The molecule has 0 aliphatic carbocycles. The molecule has 1 aromatic heterocycles. The van der Waals surface area contributed by atoms with E-state index in [1.807, 2.05) is 6.07 Å². The largest absolute Gasteiger partial charge is 0.506 e. The Balaban J connectivity index is 0.000000720. The molecule has 1 heterocycles. The van der Waals surface area contributed by atoms with Crippen LogP contribution in [0.1, 0.15) is 0 Å². The van der Waals surface area contributed by atoms with Crippen molar-refractivity contribution in [3.05, 3.63) is 30.6 Å². The molecular weight excluding hydrogens is 167 g/mol. The van der Waals surface area contributed by atoms with E-state index in [4.69, 9.17) is 0 Å². The summed E-state index contributed by atoms with van der Waals surface area (Å²) in [6, 6.07) is 5.14. The lowest BCUT2D eigenvalue weighted by molar-refractivity contribution is 0.480. The molecule has 1 N–H and O–H groups in total. The van der Waals surface area contributed by atoms with Crippen molar-refractivity contribution in [3.63, 3.8) is 0 Å². The zero-order chi connectivity index (χ0) is 7.68. The van der Waals surface area contributed by atoms with E-state index in [0.29, 0.717) is 11.0 Å². The second-order valence-corrected chi connectivity index (χ2v) is 2.20. The predicted molar refractivity (Wildman–Crippen MR) is 51.1 cm³/mol. The van der Waals surface area contributed by atoms with Crippen LogP contribution in [0.2, 0.25) is 0 Å². The second kappa shape index (κ2) is 3.53. The van der Waals surface area contributed by atoms with E-state index >= 15 is 0 Å². The molecule has 3 nitrogen and oxygen atoms in total. The first-order valence-corrected chi connectivity index (χ1v) is 3.26. The van der Waals surface area contributed by atoms with E-state index in [2.05, 4.69) is 9.97 Å². The molecule has 0 radical (unpaired) electrons. The molecule has 12 heavy (non-hydrogen) atoms. The third kappa shape index (κ3) is 1.40. The lowest BCUT2D eigenvalue weighted by Gasteiger charge is -1.95. The molecule has 1 aromatic carbocycles. The van der Waals surface area contributed by atoms with Crippen LogP contribution >= 0.6 is 0 Å². The summed E-state index contributed by atoms with van der Waals surface area (Å²) in [6.45, 7) is 0. The van der Waals surface area contributed by atoms with Gasteiger partial charge in [0.2, 0.25) is 0 Å². The summed E-state index contributed by atoms with van der Waals surface area (Å²) in [5.41, 5.74) is 1.27. The summed E-state index contributed by atoms with van der Waals surface area (Å²) in [7, 11) is 0. The average Bonchev–Trinajstić information content (AvgIpc) is 2.06. The minimum absolute atomic E-state index is 0. The Labute approximate surface area is 80.2 Å². The maximum Gasteiger partial charge on any atom is 0.187 e. The van der Waals surface area contributed by atoms with Crippen LogP contribution in [-0.2, 0) is 0 Å². The van der Waals surface area contributed by atoms with Gasteiger partial charge in [-0.25, -0.2) is 4.98 Å². The predicted octanol–water partition coefficient (Wildman–Crippen LogP) is 0.151. The summed E-state index contributed by atoms with van der Waals surface area (Å²) in [5.74, 6) is 0.176. The number of phenolic OH excluding ortho intramolecular Hbond substituents is 1. The van der Waals surface area contributed by atoms with Gasteiger partial charge in [0, 0.05) is 12.4 Å². The van der Waals surface area contributed by atoms with Crippen LogP contribution in [0.25, 0.3) is 11.0 Å². The van der Waals surface area contributed by atoms with E-state index in [1.165, 1.54) is 0 Å². The smallest absolute Gasteiger partial charge is 0.187 e. The Bertz CT molecular complexity index is 386. The van der Waals surface area contributed by atoms with Gasteiger partial charge >= 0.3 is 0 Å². The van der Waals surface area contributed by atoms with Crippen molar-refractivity contribution in [2.45, 2.75) is 0 Å². The van der Waals surface area contributed by atoms with Gasteiger partial charge in [-0.05, 0) is 12.1 Å². The number of hydrogen-bond acceptors (Lipinski definition) is 3. The Hall–Kier alpha value is -1.11. The first-order valence-electron chi connectivity index (χ1n) is 3.26. The van der Waals surface area contributed by atoms with Gasteiger partial charge in [0.05, 0.1) is 5.52 Å². The molecule has 0 bridgehead atoms. The monoisotopic (exact) mass is 176 g/mol. The molecule has 60 valence electrons. The Morgan fingerprint density at radius 1 is 1.08 bits per heavy atom. The zero-order valence-electron chi connectivity index (χ0n) is 5.73. The number of hydrogen-bond donors (Lipinski definition) is 1. The number of rotatable bonds is 0. The van der Waals surface area contributed by atoms with Gasteiger partial charge in [-0.2, -0.15) is 0 Å². The first-order chi connectivity index (χ1) is 5.38. The van der Waals surface area contributed by atoms with Crippen LogP contribution in [0, 0.1) is 0 Å². The van der Waals surface area contributed by atoms with Crippen molar-refractivity contribution < 1.29 is 5.11 Å². The van der Waals surface area contributed by atoms with Crippen molar-refractivity contribution in [2.75, 3.05) is 0 Å². The molecule has 0 aliphatic rings. The summed E-state index contributed by atoms with van der Waals surface area (Å²) in [4.78, 5) is 7.99. The molecule has 0 spiro atoms. The molecule has 0 aliphatic heterocycles. The Morgan fingerprint density at radius 3 is 2.58 bits per heavy atom. The number of phenols is 1. The van der Waals surface area contributed by atoms with E-state index in [-0.39, 0.29) is 23.1 Å². The van der Waals surface area contributed by atoms with Crippen molar-refractivity contribution in [3.8, 4) is 5.75 Å². The number of benzene rings is 1. The normalized spacial score (nSPS) is 9.33. The fourth-order valence-electron chi connectivity index (χ4n) is 0.977. The highest BCUT2D eigenvalue weighted by Gasteiger charge is 1.97. The summed E-state index contributed by atoms with van der Waals surface area (Å²) in [6.07, 6.45) is 3.16. The molecule has 0 amide bonds. The molecule has 0 atom stereocenters. The molecular formula is C8H9AlN2O. The van der Waals surface area contributed by atoms with Crippen LogP contribution in [0.5, 0.6) is 5.75 Å². The highest BCUT2D eigenvalue weighted by molar-refractivity contribution is 5.79. The number of aromatic nitrogens is 2. The van der Waals surface area contributed by atoms with Gasteiger partial charge in [-0.3, -0.25) is 4.98 Å². The number of nitrogens with zero attached hydrogens (tertiary/aromatic N) is 2. The van der Waals surface area contributed by atoms with Crippen LogP contribution in [0.15, 0.2) is 30.6 Å². The second-order valence-electron chi connectivity index (χ2n) is 2.20. The highest BCUT2D eigenvalue weighted by Crippen LogP contribution is 2.18. The standard InChI is InChI=1S/C8H6N2O.Al.3H/c11-7-3-1-2-6-8(7)10-5-4-9-6;;;;/h1-5,11H;;;;. The third-order valence-electron chi connectivity index (χ3n) is 1.48. The highest BCUT2D eigenvalue weighted by atomic mass is 27.0. The Morgan fingerprint density at radius 2 is 1.83 bits per heavy atom. The molecule has 0 saturated carbocycles. The van der Waals surface area contributed by atoms with Gasteiger partial charge in [-0.15, -0.1) is 0 Å². The number of para-hydroxylation sites is 1. The van der Waals surface area contributed by atoms with E-state index in [0.717, 1.165) is 0 Å². The quantitative estimate of drug-likeness (QED) is 0.581. The minimum Gasteiger partial charge on any atom is -0.506 e. The minimum atomic E-state index is 0. The van der Waals surface area contributed by atoms with Gasteiger partial charge in [0.1, 0.15) is 11.3 Å². The average molecular weight is 176 g/mol. The van der Waals surface area contributed by atoms with E-state index in [9.17, 15) is 5.11 Å². The van der Waals surface area contributed by atoms with Gasteiger partial charge < -0.3 is 5.11 Å². The van der Waals surface area contributed by atoms with Crippen molar-refractivity contribution in [2.24, 2.45) is 0 Å². The van der Waals surface area contributed by atoms with Crippen LogP contribution in [0.3, 0.4) is 0 Å².